The zero-order valence-corrected chi connectivity index (χ0v) is 23.9. The van der Waals surface area contributed by atoms with Crippen LogP contribution < -0.4 is 14.4 Å². The Morgan fingerprint density at radius 1 is 0.949 bits per heavy atom. The summed E-state index contributed by atoms with van der Waals surface area (Å²) in [7, 11) is -2.68. The number of halogens is 1. The third kappa shape index (κ3) is 7.74. The first kappa shape index (κ1) is 30.0. The molecule has 1 N–H and O–H groups in total. The van der Waals surface area contributed by atoms with E-state index in [9.17, 15) is 18.0 Å². The lowest BCUT2D eigenvalue weighted by Gasteiger charge is -2.33. The van der Waals surface area contributed by atoms with E-state index >= 15 is 0 Å². The highest BCUT2D eigenvalue weighted by Gasteiger charge is 2.33. The minimum absolute atomic E-state index is 0.00612. The summed E-state index contributed by atoms with van der Waals surface area (Å²) < 4.78 is 33.9. The summed E-state index contributed by atoms with van der Waals surface area (Å²) in [6.45, 7) is 3.88. The van der Waals surface area contributed by atoms with Crippen molar-refractivity contribution in [3.8, 4) is 5.75 Å². The predicted octanol–water partition coefficient (Wildman–Crippen LogP) is 4.88. The standard InChI is InChI=1S/C29H34ClN3O5S/c1-4-19-31-29(35)27(5-2)32(20-22-9-7-6-8-10-22)28(34)21-33(24-13-11-23(30)12-14-24)39(36,37)26-17-15-25(38-3)16-18-26/h6-18,27H,4-5,19-21H2,1-3H3,(H,31,35)/t27-/m0/s1. The van der Waals surface area contributed by atoms with Crippen molar-refractivity contribution in [1.82, 2.24) is 10.2 Å². The Hall–Kier alpha value is -3.56. The number of rotatable bonds is 13. The number of hydrogen-bond donors (Lipinski definition) is 1. The second kappa shape index (κ2) is 14.0. The molecule has 0 aromatic heterocycles. The van der Waals surface area contributed by atoms with Crippen LogP contribution in [-0.4, -0.2) is 51.4 Å². The largest absolute Gasteiger partial charge is 0.497 e. The van der Waals surface area contributed by atoms with Crippen LogP contribution in [0.15, 0.2) is 83.8 Å². The number of hydrogen-bond acceptors (Lipinski definition) is 5. The molecule has 0 bridgehead atoms. The summed E-state index contributed by atoms with van der Waals surface area (Å²) in [4.78, 5) is 28.5. The maximum Gasteiger partial charge on any atom is 0.264 e. The lowest BCUT2D eigenvalue weighted by Crippen LogP contribution is -2.52. The van der Waals surface area contributed by atoms with E-state index in [0.29, 0.717) is 23.7 Å². The van der Waals surface area contributed by atoms with Crippen molar-refractivity contribution in [3.05, 3.63) is 89.4 Å². The van der Waals surface area contributed by atoms with E-state index < -0.39 is 28.5 Å². The fourth-order valence-electron chi connectivity index (χ4n) is 4.08. The molecule has 0 unspecified atom stereocenters. The molecule has 0 saturated heterocycles. The van der Waals surface area contributed by atoms with Crippen molar-refractivity contribution in [2.24, 2.45) is 0 Å². The Morgan fingerprint density at radius 2 is 1.59 bits per heavy atom. The highest BCUT2D eigenvalue weighted by atomic mass is 35.5. The van der Waals surface area contributed by atoms with Gasteiger partial charge in [0.1, 0.15) is 18.3 Å². The van der Waals surface area contributed by atoms with Crippen molar-refractivity contribution >= 4 is 39.1 Å². The lowest BCUT2D eigenvalue weighted by molar-refractivity contribution is -0.140. The van der Waals surface area contributed by atoms with Crippen LogP contribution in [0.3, 0.4) is 0 Å². The molecule has 3 aromatic carbocycles. The van der Waals surface area contributed by atoms with Crippen molar-refractivity contribution < 1.29 is 22.7 Å². The lowest BCUT2D eigenvalue weighted by atomic mass is 10.1. The van der Waals surface area contributed by atoms with Crippen molar-refractivity contribution in [2.75, 3.05) is 24.5 Å². The first-order chi connectivity index (χ1) is 18.7. The summed E-state index contributed by atoms with van der Waals surface area (Å²) in [5.41, 5.74) is 1.09. The van der Waals surface area contributed by atoms with Crippen LogP contribution in [0.1, 0.15) is 32.3 Å². The topological polar surface area (TPSA) is 96.0 Å². The average Bonchev–Trinajstić information content (AvgIpc) is 2.95. The molecule has 208 valence electrons. The number of methoxy groups -OCH3 is 1. The molecule has 3 rings (SSSR count). The molecule has 0 aliphatic carbocycles. The van der Waals surface area contributed by atoms with Gasteiger partial charge in [-0.15, -0.1) is 0 Å². The van der Waals surface area contributed by atoms with E-state index in [2.05, 4.69) is 5.32 Å². The number of carbonyl (C=O) groups excluding carboxylic acids is 2. The minimum Gasteiger partial charge on any atom is -0.497 e. The van der Waals surface area contributed by atoms with E-state index in [-0.39, 0.29) is 23.0 Å². The van der Waals surface area contributed by atoms with Crippen LogP contribution in [0.5, 0.6) is 5.75 Å². The Balaban J connectivity index is 2.03. The van der Waals surface area contributed by atoms with Gasteiger partial charge in [-0.25, -0.2) is 8.42 Å². The molecule has 3 aromatic rings. The van der Waals surface area contributed by atoms with Crippen LogP contribution in [0.2, 0.25) is 5.02 Å². The third-order valence-electron chi connectivity index (χ3n) is 6.17. The van der Waals surface area contributed by atoms with Gasteiger partial charge in [-0.05, 0) is 66.9 Å². The third-order valence-corrected chi connectivity index (χ3v) is 8.21. The van der Waals surface area contributed by atoms with E-state index in [0.717, 1.165) is 16.3 Å². The van der Waals surface area contributed by atoms with E-state index in [1.54, 1.807) is 36.4 Å². The van der Waals surface area contributed by atoms with Gasteiger partial charge in [0.05, 0.1) is 17.7 Å². The summed E-state index contributed by atoms with van der Waals surface area (Å²) in [6.07, 6.45) is 1.11. The number of nitrogens with one attached hydrogen (secondary N) is 1. The number of amides is 2. The van der Waals surface area contributed by atoms with Crippen LogP contribution >= 0.6 is 11.6 Å². The fraction of sp³-hybridized carbons (Fsp3) is 0.310. The summed E-state index contributed by atoms with van der Waals surface area (Å²) >= 11 is 6.06. The molecule has 0 fully saturated rings. The summed E-state index contributed by atoms with van der Waals surface area (Å²) in [6, 6.07) is 20.7. The Labute approximate surface area is 235 Å². The van der Waals surface area contributed by atoms with Crippen LogP contribution in [0, 0.1) is 0 Å². The summed E-state index contributed by atoms with van der Waals surface area (Å²) in [5, 5.41) is 3.30. The first-order valence-corrected chi connectivity index (χ1v) is 14.6. The average molecular weight is 572 g/mol. The number of sulfonamides is 1. The van der Waals surface area contributed by atoms with Crippen molar-refractivity contribution in [2.45, 2.75) is 44.2 Å². The minimum atomic E-state index is -4.17. The number of carbonyl (C=O) groups is 2. The van der Waals surface area contributed by atoms with Gasteiger partial charge in [0.15, 0.2) is 0 Å². The fourth-order valence-corrected chi connectivity index (χ4v) is 5.62. The molecule has 0 heterocycles. The number of benzene rings is 3. The molecule has 39 heavy (non-hydrogen) atoms. The highest BCUT2D eigenvalue weighted by molar-refractivity contribution is 7.92. The molecule has 2 amide bonds. The van der Waals surface area contributed by atoms with Gasteiger partial charge in [-0.1, -0.05) is 55.8 Å². The molecule has 10 heteroatoms. The van der Waals surface area contributed by atoms with Crippen LogP contribution in [-0.2, 0) is 26.2 Å². The van der Waals surface area contributed by atoms with E-state index in [1.165, 1.54) is 24.1 Å². The van der Waals surface area contributed by atoms with Crippen LogP contribution in [0.4, 0.5) is 5.69 Å². The van der Waals surface area contributed by atoms with Gasteiger partial charge in [-0.3, -0.25) is 13.9 Å². The molecule has 0 radical (unpaired) electrons. The second-order valence-corrected chi connectivity index (χ2v) is 11.2. The molecule has 8 nitrogen and oxygen atoms in total. The highest BCUT2D eigenvalue weighted by Crippen LogP contribution is 2.27. The van der Waals surface area contributed by atoms with Crippen molar-refractivity contribution in [1.29, 1.82) is 0 Å². The molecular formula is C29H34ClN3O5S. The quantitative estimate of drug-likeness (QED) is 0.315. The van der Waals surface area contributed by atoms with Gasteiger partial charge < -0.3 is 15.0 Å². The van der Waals surface area contributed by atoms with Crippen molar-refractivity contribution in [3.63, 3.8) is 0 Å². The predicted molar refractivity (Wildman–Crippen MR) is 153 cm³/mol. The smallest absolute Gasteiger partial charge is 0.264 e. The van der Waals surface area contributed by atoms with Gasteiger partial charge >= 0.3 is 0 Å². The molecule has 0 aliphatic heterocycles. The maximum atomic E-state index is 13.9. The van der Waals surface area contributed by atoms with Gasteiger partial charge in [-0.2, -0.15) is 0 Å². The Bertz CT molecular complexity index is 1330. The zero-order chi connectivity index (χ0) is 28.4. The van der Waals surface area contributed by atoms with E-state index in [4.69, 9.17) is 16.3 Å². The normalized spacial score (nSPS) is 11.9. The SMILES string of the molecule is CCCNC(=O)[C@H](CC)N(Cc1ccccc1)C(=O)CN(c1ccc(Cl)cc1)S(=O)(=O)c1ccc(OC)cc1. The number of ether oxygens (including phenoxy) is 1. The number of nitrogens with zero attached hydrogens (tertiary/aromatic N) is 2. The summed E-state index contributed by atoms with van der Waals surface area (Å²) in [5.74, 6) is -0.287. The molecule has 0 spiro atoms. The van der Waals surface area contributed by atoms with Gasteiger partial charge in [0.2, 0.25) is 11.8 Å². The Morgan fingerprint density at radius 3 is 2.15 bits per heavy atom. The molecule has 1 atom stereocenters. The zero-order valence-electron chi connectivity index (χ0n) is 22.3. The van der Waals surface area contributed by atoms with Gasteiger partial charge in [0, 0.05) is 18.1 Å². The first-order valence-electron chi connectivity index (χ1n) is 12.7. The van der Waals surface area contributed by atoms with E-state index in [1.807, 2.05) is 44.2 Å². The molecule has 0 aliphatic rings. The Kier molecular flexibility index (Phi) is 10.8. The monoisotopic (exact) mass is 571 g/mol. The second-order valence-electron chi connectivity index (χ2n) is 8.89. The van der Waals surface area contributed by atoms with Crippen LogP contribution in [0.25, 0.3) is 0 Å². The number of anilines is 1. The van der Waals surface area contributed by atoms with Gasteiger partial charge in [0.25, 0.3) is 10.0 Å². The molecular weight excluding hydrogens is 538 g/mol. The molecule has 0 saturated carbocycles. The maximum absolute atomic E-state index is 13.9.